The van der Waals surface area contributed by atoms with Crippen LogP contribution in [0.15, 0.2) is 24.3 Å². The van der Waals surface area contributed by atoms with Crippen LogP contribution in [0, 0.1) is 11.8 Å². The van der Waals surface area contributed by atoms with E-state index in [0.717, 1.165) is 83.5 Å². The van der Waals surface area contributed by atoms with E-state index in [1.165, 1.54) is 51.4 Å². The van der Waals surface area contributed by atoms with Gasteiger partial charge in [-0.2, -0.15) is 23.5 Å². The molecule has 330 valence electrons. The monoisotopic (exact) mass is 830 g/mol. The second kappa shape index (κ2) is 42.1. The van der Waals surface area contributed by atoms with Gasteiger partial charge in [-0.05, 0) is 70.8 Å². The summed E-state index contributed by atoms with van der Waals surface area (Å²) in [6.07, 6.45) is 30.6. The van der Waals surface area contributed by atoms with Crippen molar-refractivity contribution in [2.24, 2.45) is 11.8 Å². The molecule has 0 saturated carbocycles. The van der Waals surface area contributed by atoms with Crippen molar-refractivity contribution in [2.75, 3.05) is 62.5 Å². The second-order valence-electron chi connectivity index (χ2n) is 15.5. The third kappa shape index (κ3) is 35.0. The highest BCUT2D eigenvalue weighted by Crippen LogP contribution is 2.21. The Bertz CT molecular complexity index is 869. The predicted molar refractivity (Wildman–Crippen MR) is 242 cm³/mol. The van der Waals surface area contributed by atoms with Crippen molar-refractivity contribution >= 4 is 35.5 Å². The molecule has 0 aliphatic heterocycles. The number of aliphatic hydroxyl groups is 3. The lowest BCUT2D eigenvalue weighted by atomic mass is 9.95. The molecular weight excluding hydrogens is 743 g/mol. The zero-order chi connectivity index (χ0) is 41.3. The number of allylic oxidation sites excluding steroid dienone is 4. The summed E-state index contributed by atoms with van der Waals surface area (Å²) in [6, 6.07) is 0. The van der Waals surface area contributed by atoms with Crippen LogP contribution in [-0.4, -0.2) is 107 Å². The zero-order valence-electron chi connectivity index (χ0n) is 36.5. The van der Waals surface area contributed by atoms with Gasteiger partial charge in [0.2, 0.25) is 0 Å². The number of thioether (sulfide) groups is 2. The number of rotatable bonds is 42. The van der Waals surface area contributed by atoms with Gasteiger partial charge in [-0.15, -0.1) is 0 Å². The maximum atomic E-state index is 13.0. The van der Waals surface area contributed by atoms with E-state index in [2.05, 4.69) is 56.9 Å². The number of carbonyl (C=O) groups is 2. The highest BCUT2D eigenvalue weighted by molar-refractivity contribution is 7.99. The molecule has 3 N–H and O–H groups in total. The molecule has 0 aliphatic carbocycles. The van der Waals surface area contributed by atoms with Crippen molar-refractivity contribution in [2.45, 2.75) is 181 Å². The first-order chi connectivity index (χ1) is 27.3. The third-order valence-corrected chi connectivity index (χ3v) is 12.2. The minimum absolute atomic E-state index is 0.0552. The molecule has 4 atom stereocenters. The van der Waals surface area contributed by atoms with Gasteiger partial charge in [0, 0.05) is 42.7 Å². The van der Waals surface area contributed by atoms with Crippen LogP contribution in [0.25, 0.3) is 0 Å². The number of hydrogen-bond donors (Lipinski definition) is 3. The van der Waals surface area contributed by atoms with E-state index in [0.29, 0.717) is 62.3 Å². The number of unbranched alkanes of at least 4 members (excludes halogenated alkanes) is 11. The van der Waals surface area contributed by atoms with E-state index in [4.69, 9.17) is 9.47 Å². The lowest BCUT2D eigenvalue weighted by molar-refractivity contribution is -0.149. The Labute approximate surface area is 353 Å². The SMILES string of the molecule is CCCC/C=C/CCC(CCCCCC)C(=O)OCCSCC(O)CN(CCCCO)CC(O)CSCCOC(=O)C(CC/C=C/CCCC)CCCCCC. The topological polar surface area (TPSA) is 117 Å². The molecule has 0 bridgehead atoms. The fourth-order valence-corrected chi connectivity index (χ4v) is 8.08. The number of nitrogens with zero attached hydrogens (tertiary/aromatic N) is 1. The first-order valence-electron chi connectivity index (χ1n) is 22.8. The summed E-state index contributed by atoms with van der Waals surface area (Å²) in [4.78, 5) is 28.0. The molecule has 0 aromatic heterocycles. The van der Waals surface area contributed by atoms with Crippen LogP contribution in [0.5, 0.6) is 0 Å². The Kier molecular flexibility index (Phi) is 41.3. The van der Waals surface area contributed by atoms with Crippen LogP contribution in [0.1, 0.15) is 169 Å². The van der Waals surface area contributed by atoms with Crippen molar-refractivity contribution < 1.29 is 34.4 Å². The van der Waals surface area contributed by atoms with Crippen molar-refractivity contribution in [1.29, 1.82) is 0 Å². The fourth-order valence-electron chi connectivity index (χ4n) is 6.59. The zero-order valence-corrected chi connectivity index (χ0v) is 38.1. The summed E-state index contributed by atoms with van der Waals surface area (Å²) in [5.41, 5.74) is 0. The number of hydrogen-bond acceptors (Lipinski definition) is 10. The Morgan fingerprint density at radius 2 is 0.982 bits per heavy atom. The normalized spacial score (nSPS) is 14.1. The summed E-state index contributed by atoms with van der Waals surface area (Å²) in [6.45, 7) is 11.1. The molecule has 0 radical (unpaired) electrons. The third-order valence-electron chi connectivity index (χ3n) is 10.0. The Balaban J connectivity index is 4.66. The lowest BCUT2D eigenvalue weighted by Gasteiger charge is -2.27. The van der Waals surface area contributed by atoms with E-state index >= 15 is 0 Å². The van der Waals surface area contributed by atoms with Crippen LogP contribution in [0.3, 0.4) is 0 Å². The Hall–Kier alpha value is -1.04. The van der Waals surface area contributed by atoms with Gasteiger partial charge in [-0.25, -0.2) is 0 Å². The number of carbonyl (C=O) groups excluding carboxylic acids is 2. The van der Waals surface area contributed by atoms with Crippen molar-refractivity contribution in [3.8, 4) is 0 Å². The minimum atomic E-state index is -0.586. The van der Waals surface area contributed by atoms with Crippen LogP contribution >= 0.6 is 23.5 Å². The summed E-state index contributed by atoms with van der Waals surface area (Å²) in [5, 5.41) is 31.0. The van der Waals surface area contributed by atoms with Gasteiger partial charge in [-0.3, -0.25) is 14.5 Å². The predicted octanol–water partition coefficient (Wildman–Crippen LogP) is 10.6. The molecule has 4 unspecified atom stereocenters. The average Bonchev–Trinajstić information content (AvgIpc) is 3.18. The summed E-state index contributed by atoms with van der Waals surface area (Å²) >= 11 is 3.16. The number of esters is 2. The molecule has 0 saturated heterocycles. The molecule has 10 heteroatoms. The number of aliphatic hydroxyl groups excluding tert-OH is 3. The van der Waals surface area contributed by atoms with Gasteiger partial charge in [0.25, 0.3) is 0 Å². The molecule has 0 rings (SSSR count). The van der Waals surface area contributed by atoms with Crippen molar-refractivity contribution in [1.82, 2.24) is 4.90 Å². The summed E-state index contributed by atoms with van der Waals surface area (Å²) in [5.74, 6) is 2.00. The van der Waals surface area contributed by atoms with Crippen molar-refractivity contribution in [3.63, 3.8) is 0 Å². The number of ether oxygens (including phenoxy) is 2. The van der Waals surface area contributed by atoms with Gasteiger partial charge < -0.3 is 24.8 Å². The molecule has 0 aromatic rings. The molecule has 8 nitrogen and oxygen atoms in total. The minimum Gasteiger partial charge on any atom is -0.465 e. The molecule has 0 aromatic carbocycles. The van der Waals surface area contributed by atoms with E-state index in [1.54, 1.807) is 23.5 Å². The highest BCUT2D eigenvalue weighted by atomic mass is 32.2. The maximum absolute atomic E-state index is 13.0. The molecule has 0 amide bonds. The van der Waals surface area contributed by atoms with E-state index < -0.39 is 12.2 Å². The van der Waals surface area contributed by atoms with Gasteiger partial charge in [0.1, 0.15) is 13.2 Å². The lowest BCUT2D eigenvalue weighted by Crippen LogP contribution is -2.40. The average molecular weight is 830 g/mol. The largest absolute Gasteiger partial charge is 0.465 e. The smallest absolute Gasteiger partial charge is 0.308 e. The first-order valence-corrected chi connectivity index (χ1v) is 25.1. The summed E-state index contributed by atoms with van der Waals surface area (Å²) in [7, 11) is 0. The first kappa shape index (κ1) is 55.0. The van der Waals surface area contributed by atoms with Gasteiger partial charge in [0.05, 0.1) is 24.0 Å². The molecule has 0 spiro atoms. The van der Waals surface area contributed by atoms with E-state index in [9.17, 15) is 24.9 Å². The van der Waals surface area contributed by atoms with Gasteiger partial charge in [0.15, 0.2) is 0 Å². The molecule has 56 heavy (non-hydrogen) atoms. The highest BCUT2D eigenvalue weighted by Gasteiger charge is 2.21. The van der Waals surface area contributed by atoms with E-state index in [-0.39, 0.29) is 30.4 Å². The molecule has 0 heterocycles. The Morgan fingerprint density at radius 3 is 1.39 bits per heavy atom. The van der Waals surface area contributed by atoms with E-state index in [1.807, 2.05) is 0 Å². The molecular formula is C46H87NO7S2. The van der Waals surface area contributed by atoms with Gasteiger partial charge in [-0.1, -0.05) is 129 Å². The van der Waals surface area contributed by atoms with Gasteiger partial charge >= 0.3 is 11.9 Å². The molecule has 0 fully saturated rings. The summed E-state index contributed by atoms with van der Waals surface area (Å²) < 4.78 is 11.4. The Morgan fingerprint density at radius 1 is 0.554 bits per heavy atom. The second-order valence-corrected chi connectivity index (χ2v) is 17.8. The van der Waals surface area contributed by atoms with Crippen LogP contribution in [0.2, 0.25) is 0 Å². The van der Waals surface area contributed by atoms with Crippen molar-refractivity contribution in [3.05, 3.63) is 24.3 Å². The molecule has 0 aliphatic rings. The maximum Gasteiger partial charge on any atom is 0.308 e. The standard InChI is InChI=1S/C46H87NO7S2/c1-5-9-13-17-19-23-29-41(27-21-15-11-7-3)45(51)53-33-35-55-39-43(49)37-47(31-25-26-32-48)38-44(50)40-56-36-34-54-46(52)42(28-22-16-12-8-4)30-24-20-18-14-10-6-2/h17-20,41-44,48-50H,5-16,21-40H2,1-4H3/b19-17+,20-18+. The van der Waals surface area contributed by atoms with Crippen LogP contribution in [-0.2, 0) is 19.1 Å². The van der Waals surface area contributed by atoms with Crippen LogP contribution in [0.4, 0.5) is 0 Å². The van der Waals surface area contributed by atoms with Crippen LogP contribution < -0.4 is 0 Å². The quantitative estimate of drug-likeness (QED) is 0.0312. The fraction of sp³-hybridized carbons (Fsp3) is 0.870.